The summed E-state index contributed by atoms with van der Waals surface area (Å²) in [4.78, 5) is 23.6. The molecule has 0 unspecified atom stereocenters. The number of hydrogen-bond donors (Lipinski definition) is 3. The number of benzene rings is 6. The Labute approximate surface area is 469 Å². The standard InChI is InChI=1S/C60H65F4N4O9S3/c1-12-60(10,11)58(69)75-28-27-65-59(70)76-29-30-78-56-50(61)52(63)57(53(64)51(56)62)80(73,74)68-79(71,72)48-22-14-13-17-45(48)49-43-25-23-37(66-54-39(33(2)3)18-15-19-40(54)34(4)5)31-46(43)77-47-32-38(24-26-44(47)49)67-55-41(35(6)7)20-16-21-42(55)36(8)9/h13-26,31-36H,12,27-30H2,1-11H3,(H,65,70)(H,66,67)/q-1/p+1. The number of carbonyl (C=O) groups excluding carboxylic acids is 2. The van der Waals surface area contributed by atoms with Crippen LogP contribution in [0.15, 0.2) is 116 Å². The van der Waals surface area contributed by atoms with E-state index in [2.05, 4.69) is 99.4 Å². The second kappa shape index (κ2) is 25.0. The molecule has 2 aliphatic rings. The molecule has 1 amide bonds. The van der Waals surface area contributed by atoms with Crippen LogP contribution in [-0.4, -0.2) is 54.4 Å². The van der Waals surface area contributed by atoms with Gasteiger partial charge in [0.05, 0.1) is 27.8 Å². The number of amides is 1. The number of anilines is 2. The van der Waals surface area contributed by atoms with E-state index in [0.29, 0.717) is 39.8 Å². The van der Waals surface area contributed by atoms with Crippen molar-refractivity contribution in [3.63, 3.8) is 0 Å². The lowest BCUT2D eigenvalue weighted by Crippen LogP contribution is -2.71. The van der Waals surface area contributed by atoms with Crippen LogP contribution in [0.4, 0.5) is 39.4 Å². The van der Waals surface area contributed by atoms with Crippen LogP contribution in [0.25, 0.3) is 37.5 Å². The van der Waals surface area contributed by atoms with E-state index in [1.807, 2.05) is 19.1 Å². The summed E-state index contributed by atoms with van der Waals surface area (Å²) in [6.07, 6.45) is -0.480. The number of para-hydroxylation sites is 2. The fourth-order valence-corrected chi connectivity index (χ4v) is 12.8. The third kappa shape index (κ3) is 13.2. The maximum absolute atomic E-state index is 15.8. The normalized spacial score (nSPS) is 12.6. The molecule has 1 aliphatic heterocycles. The summed E-state index contributed by atoms with van der Waals surface area (Å²) in [6.45, 7) is 21.2. The Morgan fingerprint density at radius 2 is 1.27 bits per heavy atom. The van der Waals surface area contributed by atoms with E-state index in [9.17, 15) is 26.4 Å². The van der Waals surface area contributed by atoms with Crippen molar-refractivity contribution in [1.82, 2.24) is 5.32 Å². The van der Waals surface area contributed by atoms with Gasteiger partial charge in [0.15, 0.2) is 23.3 Å². The molecule has 426 valence electrons. The highest BCUT2D eigenvalue weighted by atomic mass is 32.3. The van der Waals surface area contributed by atoms with Gasteiger partial charge in [0.1, 0.15) is 49.5 Å². The smallest absolute Gasteiger partial charge is 0.407 e. The molecular weight excluding hydrogens is 1090 g/mol. The van der Waals surface area contributed by atoms with Gasteiger partial charge in [0.2, 0.25) is 11.0 Å². The minimum Gasteiger partial charge on any atom is -0.463 e. The summed E-state index contributed by atoms with van der Waals surface area (Å²) in [5.74, 6) is -9.19. The van der Waals surface area contributed by atoms with Gasteiger partial charge >= 0.3 is 12.1 Å². The minimum absolute atomic E-state index is 0.0847. The highest BCUT2D eigenvalue weighted by Crippen LogP contribution is 2.45. The van der Waals surface area contributed by atoms with Crippen LogP contribution in [0.3, 0.4) is 0 Å². The largest absolute Gasteiger partial charge is 0.463 e. The number of rotatable bonds is 21. The molecule has 5 aromatic carbocycles. The zero-order valence-electron chi connectivity index (χ0n) is 46.4. The number of carbonyl (C=O) groups is 2. The van der Waals surface area contributed by atoms with Crippen molar-refractivity contribution in [2.75, 3.05) is 30.8 Å². The van der Waals surface area contributed by atoms with Crippen molar-refractivity contribution in [3.8, 4) is 22.5 Å². The van der Waals surface area contributed by atoms with Crippen LogP contribution in [0, 0.1) is 28.7 Å². The van der Waals surface area contributed by atoms with Crippen LogP contribution in [0.1, 0.15) is 129 Å². The molecule has 1 heterocycles. The fourth-order valence-electron chi connectivity index (χ4n) is 9.03. The Bertz CT molecular complexity index is 3670. The van der Waals surface area contributed by atoms with Crippen molar-refractivity contribution in [3.05, 3.63) is 152 Å². The molecule has 0 radical (unpaired) electrons. The quantitative estimate of drug-likeness (QED) is 0.0155. The second-order valence-electron chi connectivity index (χ2n) is 21.1. The molecule has 0 fully saturated rings. The summed E-state index contributed by atoms with van der Waals surface area (Å²) in [6, 6.07) is 28.2. The third-order valence-corrected chi connectivity index (χ3v) is 18.1. The molecular formula is C60H66F4N4O9S3. The van der Waals surface area contributed by atoms with Gasteiger partial charge in [0, 0.05) is 62.5 Å². The molecule has 7 rings (SSSR count). The number of nitrogens with zero attached hydrogens (tertiary/aromatic N) is 1. The molecule has 3 N–H and O–H groups in total. The van der Waals surface area contributed by atoms with Crippen molar-refractivity contribution < 1.29 is 62.9 Å². The molecule has 13 nitrogen and oxygen atoms in total. The monoisotopic (exact) mass is 1160 g/mol. The van der Waals surface area contributed by atoms with Crippen LogP contribution in [-0.2, 0) is 34.3 Å². The number of nitrogens with one attached hydrogen (secondary N) is 3. The maximum atomic E-state index is 15.8. The van der Waals surface area contributed by atoms with E-state index in [0.717, 1.165) is 39.7 Å². The van der Waals surface area contributed by atoms with Gasteiger partial charge in [-0.2, -0.15) is 0 Å². The summed E-state index contributed by atoms with van der Waals surface area (Å²) < 4.78 is 139. The van der Waals surface area contributed by atoms with Crippen LogP contribution in [0.2, 0.25) is 0 Å². The average Bonchev–Trinajstić information content (AvgIpc) is 3.53. The Kier molecular flexibility index (Phi) is 19.0. The lowest BCUT2D eigenvalue weighted by molar-refractivity contribution is -0.404. The molecule has 1 aliphatic carbocycles. The number of hydrogen-bond acceptors (Lipinski definition) is 11. The maximum Gasteiger partial charge on any atom is 0.407 e. The highest BCUT2D eigenvalue weighted by Gasteiger charge is 2.33. The SMILES string of the molecule is CCC(C)(C)C(=O)OCCNC(=O)OCCSc1c(F)c(F)c(S(=O)(=O)[N-]S(=O)(=O)c2ccccc2-c2c3ccc(=[NH+]c4c(C(C)C)cccc4C(C)C)cc-3oc3cc(Nc4c(C(C)C)cccc4C(C)C)ccc23)c(F)c1F. The molecule has 0 saturated heterocycles. The first-order valence-electron chi connectivity index (χ1n) is 26.2. The Morgan fingerprint density at radius 3 is 1.86 bits per heavy atom. The second-order valence-corrected chi connectivity index (χ2v) is 25.6. The fraction of sp³-hybridized carbons (Fsp3) is 0.350. The van der Waals surface area contributed by atoms with Gasteiger partial charge in [-0.25, -0.2) is 44.2 Å². The summed E-state index contributed by atoms with van der Waals surface area (Å²) in [5, 5.41) is 6.95. The first kappa shape index (κ1) is 60.9. The van der Waals surface area contributed by atoms with E-state index in [4.69, 9.17) is 13.9 Å². The molecule has 0 aromatic heterocycles. The Morgan fingerprint density at radius 1 is 0.688 bits per heavy atom. The Hall–Kier alpha value is -6.74. The molecule has 0 bridgehead atoms. The predicted molar refractivity (Wildman–Crippen MR) is 304 cm³/mol. The van der Waals surface area contributed by atoms with Crippen LogP contribution < -0.4 is 21.0 Å². The lowest BCUT2D eigenvalue weighted by atomic mass is 9.91. The molecule has 80 heavy (non-hydrogen) atoms. The number of fused-ring (bicyclic) bond motifs is 2. The van der Waals surface area contributed by atoms with Crippen LogP contribution in [0.5, 0.6) is 0 Å². The van der Waals surface area contributed by atoms with Gasteiger partial charge < -0.3 is 28.7 Å². The van der Waals surface area contributed by atoms with Gasteiger partial charge in [0.25, 0.3) is 0 Å². The molecule has 0 atom stereocenters. The number of alkyl carbamates (subject to hydrolysis) is 1. The van der Waals surface area contributed by atoms with E-state index in [1.165, 1.54) is 18.2 Å². The molecule has 0 spiro atoms. The van der Waals surface area contributed by atoms with E-state index < -0.39 is 87.8 Å². The van der Waals surface area contributed by atoms with Gasteiger partial charge in [-0.1, -0.05) is 117 Å². The van der Waals surface area contributed by atoms with Gasteiger partial charge in [-0.3, -0.25) is 4.79 Å². The van der Waals surface area contributed by atoms with Crippen molar-refractivity contribution in [2.45, 2.75) is 121 Å². The number of halogens is 4. The summed E-state index contributed by atoms with van der Waals surface area (Å²) >= 11 is 0.157. The van der Waals surface area contributed by atoms with E-state index in [1.54, 1.807) is 50.2 Å². The zero-order valence-corrected chi connectivity index (χ0v) is 48.9. The Balaban J connectivity index is 1.26. The number of ether oxygens (including phenoxy) is 2. The first-order chi connectivity index (χ1) is 37.7. The van der Waals surface area contributed by atoms with Gasteiger partial charge in [-0.15, -0.1) is 11.8 Å². The zero-order chi connectivity index (χ0) is 58.6. The average molecular weight is 1160 g/mol. The van der Waals surface area contributed by atoms with Crippen molar-refractivity contribution in [2.24, 2.45) is 5.41 Å². The lowest BCUT2D eigenvalue weighted by Gasteiger charge is -2.25. The molecule has 20 heteroatoms. The number of esters is 1. The van der Waals surface area contributed by atoms with Gasteiger partial charge in [-0.05, 0) is 79.3 Å². The third-order valence-electron chi connectivity index (χ3n) is 13.7. The van der Waals surface area contributed by atoms with E-state index in [-0.39, 0.29) is 59.7 Å². The number of sulfonamides is 2. The topological polar surface area (TPSA) is 186 Å². The van der Waals surface area contributed by atoms with Crippen LogP contribution >= 0.6 is 11.8 Å². The summed E-state index contributed by atoms with van der Waals surface area (Å²) in [7, 11) is -11.6. The first-order valence-corrected chi connectivity index (χ1v) is 30.1. The minimum atomic E-state index is -6.09. The van der Waals surface area contributed by atoms with E-state index >= 15 is 17.6 Å². The van der Waals surface area contributed by atoms with Crippen molar-refractivity contribution in [1.29, 1.82) is 0 Å². The molecule has 0 saturated carbocycles. The predicted octanol–water partition coefficient (Wildman–Crippen LogP) is 13.6. The number of thioether (sulfide) groups is 1. The summed E-state index contributed by atoms with van der Waals surface area (Å²) in [5.41, 5.74) is 6.93. The van der Waals surface area contributed by atoms with Crippen molar-refractivity contribution >= 4 is 71.9 Å². The molecule has 5 aromatic rings. The highest BCUT2D eigenvalue weighted by molar-refractivity contribution is 8.12.